The molecule has 0 radical (unpaired) electrons. The normalized spacial score (nSPS) is 18.2. The number of rotatable bonds is 5. The minimum atomic E-state index is -1.21. The number of carbonyl (C=O) groups is 3. The number of carbonyl (C=O) groups excluding carboxylic acids is 3. The van der Waals surface area contributed by atoms with Gasteiger partial charge < -0.3 is 19.1 Å². The summed E-state index contributed by atoms with van der Waals surface area (Å²) in [5, 5.41) is 0.504. The fourth-order valence-electron chi connectivity index (χ4n) is 3.60. The summed E-state index contributed by atoms with van der Waals surface area (Å²) >= 11 is 6.04. The molecule has 0 bridgehead atoms. The zero-order chi connectivity index (χ0) is 21.8. The van der Waals surface area contributed by atoms with E-state index in [1.807, 2.05) is 6.07 Å². The number of esters is 3. The van der Waals surface area contributed by atoms with E-state index in [4.69, 9.17) is 25.8 Å². The van der Waals surface area contributed by atoms with Crippen LogP contribution in [0.5, 0.6) is 0 Å². The molecular weight excluding hydrogens is 410 g/mol. The van der Waals surface area contributed by atoms with Crippen molar-refractivity contribution in [3.05, 3.63) is 76.3 Å². The fraction of sp³-hybridized carbons (Fsp3) is 0.227. The van der Waals surface area contributed by atoms with Crippen molar-refractivity contribution < 1.29 is 28.6 Å². The van der Waals surface area contributed by atoms with Crippen LogP contribution in [0.2, 0.25) is 5.02 Å². The number of para-hydroxylation sites is 1. The highest BCUT2D eigenvalue weighted by atomic mass is 35.5. The van der Waals surface area contributed by atoms with E-state index >= 15 is 0 Å². The van der Waals surface area contributed by atoms with E-state index in [0.29, 0.717) is 16.3 Å². The second-order valence-corrected chi connectivity index (χ2v) is 6.87. The van der Waals surface area contributed by atoms with Crippen LogP contribution < -0.4 is 4.90 Å². The molecule has 2 aromatic carbocycles. The van der Waals surface area contributed by atoms with Crippen molar-refractivity contribution in [1.82, 2.24) is 0 Å². The van der Waals surface area contributed by atoms with Gasteiger partial charge in [-0.25, -0.2) is 14.4 Å². The summed E-state index contributed by atoms with van der Waals surface area (Å²) in [6, 6.07) is 13.7. The Balaban J connectivity index is 2.34. The highest BCUT2D eigenvalue weighted by molar-refractivity contribution is 6.30. The zero-order valence-corrected chi connectivity index (χ0v) is 17.4. The van der Waals surface area contributed by atoms with Crippen LogP contribution in [0.4, 0.5) is 5.69 Å². The molecule has 0 aliphatic carbocycles. The Morgan fingerprint density at radius 2 is 1.37 bits per heavy atom. The summed E-state index contributed by atoms with van der Waals surface area (Å²) in [5.41, 5.74) is 1.12. The Hall–Kier alpha value is -3.32. The molecule has 0 aromatic heterocycles. The van der Waals surface area contributed by atoms with E-state index < -0.39 is 30.0 Å². The number of halogens is 1. The average Bonchev–Trinajstić information content (AvgIpc) is 3.14. The number of benzene rings is 2. The molecule has 1 heterocycles. The number of hydrogen-bond donors (Lipinski definition) is 0. The minimum Gasteiger partial charge on any atom is -0.467 e. The quantitative estimate of drug-likeness (QED) is 0.533. The van der Waals surface area contributed by atoms with Crippen LogP contribution >= 0.6 is 11.6 Å². The summed E-state index contributed by atoms with van der Waals surface area (Å²) in [4.78, 5) is 40.1. The number of nitrogens with zero attached hydrogens (tertiary/aromatic N) is 1. The smallest absolute Gasteiger partial charge is 0.337 e. The van der Waals surface area contributed by atoms with Crippen LogP contribution in [0.1, 0.15) is 11.6 Å². The first-order chi connectivity index (χ1) is 14.4. The van der Waals surface area contributed by atoms with Gasteiger partial charge in [-0.15, -0.1) is 0 Å². The van der Waals surface area contributed by atoms with Gasteiger partial charge in [0.15, 0.2) is 6.04 Å². The Morgan fingerprint density at radius 3 is 1.90 bits per heavy atom. The number of hydrogen-bond acceptors (Lipinski definition) is 7. The lowest BCUT2D eigenvalue weighted by Crippen LogP contribution is -2.42. The minimum absolute atomic E-state index is 0.00549. The molecule has 1 aliphatic heterocycles. The molecule has 156 valence electrons. The van der Waals surface area contributed by atoms with Crippen molar-refractivity contribution in [3.8, 4) is 0 Å². The fourth-order valence-corrected chi connectivity index (χ4v) is 3.72. The third-order valence-corrected chi connectivity index (χ3v) is 5.12. The summed E-state index contributed by atoms with van der Waals surface area (Å²) in [6.07, 6.45) is 0. The van der Waals surface area contributed by atoms with Gasteiger partial charge in [-0.3, -0.25) is 0 Å². The molecule has 30 heavy (non-hydrogen) atoms. The molecule has 0 N–H and O–H groups in total. The Kier molecular flexibility index (Phi) is 6.42. The summed E-state index contributed by atoms with van der Waals surface area (Å²) < 4.78 is 14.9. The first kappa shape index (κ1) is 21.4. The van der Waals surface area contributed by atoms with E-state index in [-0.39, 0.29) is 11.1 Å². The lowest BCUT2D eigenvalue weighted by Gasteiger charge is -2.33. The van der Waals surface area contributed by atoms with E-state index in [0.717, 1.165) is 0 Å². The third kappa shape index (κ3) is 3.76. The molecule has 0 unspecified atom stereocenters. The SMILES string of the molecule is COC(=O)C1=C(C(=O)OC)[C@@H](c2ccc(Cl)cc2)N(c2ccccc2)[C@@H]1C(=O)OC. The van der Waals surface area contributed by atoms with E-state index in [9.17, 15) is 14.4 Å². The molecular formula is C22H20ClNO6. The molecule has 8 heteroatoms. The van der Waals surface area contributed by atoms with Crippen LogP contribution in [-0.4, -0.2) is 45.3 Å². The van der Waals surface area contributed by atoms with Crippen molar-refractivity contribution in [2.45, 2.75) is 12.1 Å². The topological polar surface area (TPSA) is 82.1 Å². The van der Waals surface area contributed by atoms with E-state index in [2.05, 4.69) is 0 Å². The molecule has 3 rings (SSSR count). The van der Waals surface area contributed by atoms with E-state index in [1.165, 1.54) is 21.3 Å². The first-order valence-electron chi connectivity index (χ1n) is 9.02. The monoisotopic (exact) mass is 429 g/mol. The number of ether oxygens (including phenoxy) is 3. The summed E-state index contributed by atoms with van der Waals surface area (Å²) in [6.45, 7) is 0. The molecule has 7 nitrogen and oxygen atoms in total. The lowest BCUT2D eigenvalue weighted by atomic mass is 9.96. The van der Waals surface area contributed by atoms with Crippen LogP contribution in [-0.2, 0) is 28.6 Å². The largest absolute Gasteiger partial charge is 0.467 e. The van der Waals surface area contributed by atoms with Crippen LogP contribution in [0.25, 0.3) is 0 Å². The van der Waals surface area contributed by atoms with Gasteiger partial charge in [-0.1, -0.05) is 41.9 Å². The predicted octanol–water partition coefficient (Wildman–Crippen LogP) is 3.09. The van der Waals surface area contributed by atoms with Gasteiger partial charge in [-0.05, 0) is 29.8 Å². The second-order valence-electron chi connectivity index (χ2n) is 6.43. The lowest BCUT2D eigenvalue weighted by molar-refractivity contribution is -0.144. The number of methoxy groups -OCH3 is 3. The molecule has 2 atom stereocenters. The molecule has 0 saturated heterocycles. The van der Waals surface area contributed by atoms with Crippen molar-refractivity contribution >= 4 is 35.2 Å². The van der Waals surface area contributed by atoms with Crippen molar-refractivity contribution in [2.24, 2.45) is 0 Å². The third-order valence-electron chi connectivity index (χ3n) is 4.87. The van der Waals surface area contributed by atoms with Gasteiger partial charge in [0.2, 0.25) is 0 Å². The molecule has 0 fully saturated rings. The van der Waals surface area contributed by atoms with Gasteiger partial charge >= 0.3 is 17.9 Å². The maximum atomic E-state index is 12.8. The van der Waals surface area contributed by atoms with Gasteiger partial charge in [0.05, 0.1) is 38.5 Å². The Bertz CT molecular complexity index is 986. The van der Waals surface area contributed by atoms with Gasteiger partial charge in [0.1, 0.15) is 0 Å². The second kappa shape index (κ2) is 9.00. The van der Waals surface area contributed by atoms with Crippen LogP contribution in [0, 0.1) is 0 Å². The van der Waals surface area contributed by atoms with Crippen molar-refractivity contribution in [2.75, 3.05) is 26.2 Å². The summed E-state index contributed by atoms with van der Waals surface area (Å²) in [5.74, 6) is -2.28. The molecule has 0 amide bonds. The Labute approximate surface area is 178 Å². The number of anilines is 1. The maximum Gasteiger partial charge on any atom is 0.337 e. The summed E-state index contributed by atoms with van der Waals surface area (Å²) in [7, 11) is 3.61. The highest BCUT2D eigenvalue weighted by Gasteiger charge is 2.51. The van der Waals surface area contributed by atoms with E-state index in [1.54, 1.807) is 53.4 Å². The molecule has 1 aliphatic rings. The standard InChI is InChI=1S/C22H20ClNO6/c1-28-20(25)16-17(21(26)29-2)19(22(27)30-3)24(15-7-5-4-6-8-15)18(16)13-9-11-14(23)12-10-13/h4-12,18-19H,1-3H3/t18-,19+/m1/s1. The average molecular weight is 430 g/mol. The van der Waals surface area contributed by atoms with Gasteiger partial charge in [-0.2, -0.15) is 0 Å². The van der Waals surface area contributed by atoms with Crippen LogP contribution in [0.3, 0.4) is 0 Å². The van der Waals surface area contributed by atoms with Crippen molar-refractivity contribution in [1.29, 1.82) is 0 Å². The predicted molar refractivity (Wildman–Crippen MR) is 110 cm³/mol. The Morgan fingerprint density at radius 1 is 0.800 bits per heavy atom. The maximum absolute atomic E-state index is 12.8. The van der Waals surface area contributed by atoms with Gasteiger partial charge in [0, 0.05) is 10.7 Å². The highest BCUT2D eigenvalue weighted by Crippen LogP contribution is 2.45. The molecule has 2 aromatic rings. The van der Waals surface area contributed by atoms with Crippen LogP contribution in [0.15, 0.2) is 65.7 Å². The van der Waals surface area contributed by atoms with Crippen molar-refractivity contribution in [3.63, 3.8) is 0 Å². The van der Waals surface area contributed by atoms with Gasteiger partial charge in [0.25, 0.3) is 0 Å². The zero-order valence-electron chi connectivity index (χ0n) is 16.6. The first-order valence-corrected chi connectivity index (χ1v) is 9.39. The molecule has 0 spiro atoms. The molecule has 0 saturated carbocycles.